The van der Waals surface area contributed by atoms with Gasteiger partial charge in [-0.25, -0.2) is 4.98 Å². The number of hydrogen-bond acceptors (Lipinski definition) is 5. The van der Waals surface area contributed by atoms with Gasteiger partial charge < -0.3 is 4.90 Å². The van der Waals surface area contributed by atoms with Gasteiger partial charge in [-0.2, -0.15) is 0 Å². The fourth-order valence-electron chi connectivity index (χ4n) is 4.94. The Morgan fingerprint density at radius 3 is 2.63 bits per heavy atom. The summed E-state index contributed by atoms with van der Waals surface area (Å²) in [5.74, 6) is 0. The Bertz CT molecular complexity index is 1090. The molecule has 0 radical (unpaired) electrons. The molecule has 30 heavy (non-hydrogen) atoms. The van der Waals surface area contributed by atoms with Crippen LogP contribution in [0.15, 0.2) is 35.4 Å². The SMILES string of the molecule is CCN1CCN(C2CCc3c(sc4ncn(Cc5ccc(C)cc5)c(=O)c34)C2)CC1. The highest BCUT2D eigenvalue weighted by atomic mass is 32.1. The molecule has 1 unspecified atom stereocenters. The fraction of sp³-hybridized carbons (Fsp3) is 0.500. The van der Waals surface area contributed by atoms with Crippen LogP contribution in [0.25, 0.3) is 10.2 Å². The Morgan fingerprint density at radius 1 is 1.13 bits per heavy atom. The zero-order chi connectivity index (χ0) is 20.7. The Hall–Kier alpha value is -2.02. The molecule has 6 heteroatoms. The predicted octanol–water partition coefficient (Wildman–Crippen LogP) is 3.31. The number of benzene rings is 1. The van der Waals surface area contributed by atoms with Crippen molar-refractivity contribution in [2.45, 2.75) is 45.7 Å². The van der Waals surface area contributed by atoms with Gasteiger partial charge in [0.2, 0.25) is 0 Å². The van der Waals surface area contributed by atoms with Gasteiger partial charge in [-0.15, -0.1) is 11.3 Å². The van der Waals surface area contributed by atoms with E-state index in [0.717, 1.165) is 41.6 Å². The minimum absolute atomic E-state index is 0.119. The third-order valence-electron chi connectivity index (χ3n) is 6.85. The molecule has 3 heterocycles. The van der Waals surface area contributed by atoms with E-state index in [4.69, 9.17) is 0 Å². The Morgan fingerprint density at radius 2 is 1.90 bits per heavy atom. The minimum atomic E-state index is 0.119. The van der Waals surface area contributed by atoms with Crippen molar-refractivity contribution >= 4 is 21.6 Å². The summed E-state index contributed by atoms with van der Waals surface area (Å²) in [7, 11) is 0. The summed E-state index contributed by atoms with van der Waals surface area (Å²) in [5.41, 5.74) is 3.76. The molecule has 0 spiro atoms. The van der Waals surface area contributed by atoms with Gasteiger partial charge in [0.25, 0.3) is 5.56 Å². The van der Waals surface area contributed by atoms with E-state index in [9.17, 15) is 4.79 Å². The molecule has 1 aliphatic carbocycles. The number of fused-ring (bicyclic) bond motifs is 3. The van der Waals surface area contributed by atoms with Crippen LogP contribution in [0.5, 0.6) is 0 Å². The number of rotatable bonds is 4. The van der Waals surface area contributed by atoms with E-state index in [2.05, 4.69) is 52.9 Å². The minimum Gasteiger partial charge on any atom is -0.301 e. The van der Waals surface area contributed by atoms with E-state index in [1.807, 2.05) is 0 Å². The summed E-state index contributed by atoms with van der Waals surface area (Å²) in [6.45, 7) is 10.8. The van der Waals surface area contributed by atoms with E-state index in [1.54, 1.807) is 22.2 Å². The molecule has 1 atom stereocenters. The van der Waals surface area contributed by atoms with E-state index in [-0.39, 0.29) is 5.56 Å². The lowest BCUT2D eigenvalue weighted by Gasteiger charge is -2.40. The number of aryl methyl sites for hydroxylation is 2. The highest BCUT2D eigenvalue weighted by Crippen LogP contribution is 2.35. The first-order chi connectivity index (χ1) is 14.6. The van der Waals surface area contributed by atoms with Crippen molar-refractivity contribution in [1.29, 1.82) is 0 Å². The number of hydrogen-bond donors (Lipinski definition) is 0. The quantitative estimate of drug-likeness (QED) is 0.647. The van der Waals surface area contributed by atoms with E-state index < -0.39 is 0 Å². The number of piperazine rings is 1. The molecule has 0 amide bonds. The van der Waals surface area contributed by atoms with Crippen molar-refractivity contribution in [2.75, 3.05) is 32.7 Å². The lowest BCUT2D eigenvalue weighted by molar-refractivity contribution is 0.0932. The maximum atomic E-state index is 13.3. The third kappa shape index (κ3) is 3.72. The van der Waals surface area contributed by atoms with Gasteiger partial charge in [-0.1, -0.05) is 36.8 Å². The van der Waals surface area contributed by atoms with Gasteiger partial charge in [0, 0.05) is 37.1 Å². The third-order valence-corrected chi connectivity index (χ3v) is 8.02. The van der Waals surface area contributed by atoms with E-state index in [1.165, 1.54) is 42.2 Å². The summed E-state index contributed by atoms with van der Waals surface area (Å²) in [5, 5.41) is 0.874. The topological polar surface area (TPSA) is 41.4 Å². The molecule has 2 aromatic heterocycles. The van der Waals surface area contributed by atoms with Crippen molar-refractivity contribution in [2.24, 2.45) is 0 Å². The van der Waals surface area contributed by atoms with Crippen LogP contribution in [0.1, 0.15) is 34.9 Å². The molecule has 0 N–H and O–H groups in total. The number of likely N-dealkylation sites (N-methyl/N-ethyl adjacent to an activating group) is 1. The summed E-state index contributed by atoms with van der Waals surface area (Å²) in [6, 6.07) is 8.99. The van der Waals surface area contributed by atoms with Crippen LogP contribution < -0.4 is 5.56 Å². The maximum Gasteiger partial charge on any atom is 0.262 e. The zero-order valence-corrected chi connectivity index (χ0v) is 18.7. The van der Waals surface area contributed by atoms with E-state index in [0.29, 0.717) is 12.6 Å². The number of nitrogens with zero attached hydrogens (tertiary/aromatic N) is 4. The standard InChI is InChI=1S/C24H30N4OS/c1-3-26-10-12-27(13-11-26)19-8-9-20-21(14-19)30-23-22(20)24(29)28(16-25-23)15-18-6-4-17(2)5-7-18/h4-7,16,19H,3,8-15H2,1-2H3. The van der Waals surface area contributed by atoms with Crippen LogP contribution >= 0.6 is 11.3 Å². The molecule has 1 aromatic carbocycles. The summed E-state index contributed by atoms with van der Waals surface area (Å²) < 4.78 is 1.77. The van der Waals surface area contributed by atoms with Crippen molar-refractivity contribution in [3.8, 4) is 0 Å². The maximum absolute atomic E-state index is 13.3. The van der Waals surface area contributed by atoms with Crippen molar-refractivity contribution < 1.29 is 0 Å². The normalized spacial score (nSPS) is 20.5. The summed E-state index contributed by atoms with van der Waals surface area (Å²) >= 11 is 1.74. The van der Waals surface area contributed by atoms with E-state index >= 15 is 0 Å². The monoisotopic (exact) mass is 422 g/mol. The predicted molar refractivity (Wildman–Crippen MR) is 124 cm³/mol. The first kappa shape index (κ1) is 19.9. The lowest BCUT2D eigenvalue weighted by atomic mass is 9.91. The second-order valence-electron chi connectivity index (χ2n) is 8.71. The van der Waals surface area contributed by atoms with Gasteiger partial charge in [-0.3, -0.25) is 14.3 Å². The van der Waals surface area contributed by atoms with Crippen LogP contribution in [0.2, 0.25) is 0 Å². The molecule has 5 rings (SSSR count). The Labute approximate surface area is 182 Å². The van der Waals surface area contributed by atoms with Gasteiger partial charge >= 0.3 is 0 Å². The van der Waals surface area contributed by atoms with Crippen LogP contribution in [-0.4, -0.2) is 58.1 Å². The molecular weight excluding hydrogens is 392 g/mol. The first-order valence-corrected chi connectivity index (χ1v) is 12.0. The van der Waals surface area contributed by atoms with Crippen molar-refractivity contribution in [3.05, 3.63) is 62.5 Å². The smallest absolute Gasteiger partial charge is 0.262 e. The molecule has 1 saturated heterocycles. The van der Waals surface area contributed by atoms with Gasteiger partial charge in [0.15, 0.2) is 0 Å². The molecule has 3 aromatic rings. The van der Waals surface area contributed by atoms with Crippen LogP contribution in [0, 0.1) is 6.92 Å². The van der Waals surface area contributed by atoms with Crippen LogP contribution in [-0.2, 0) is 19.4 Å². The van der Waals surface area contributed by atoms with Crippen molar-refractivity contribution in [3.63, 3.8) is 0 Å². The Balaban J connectivity index is 1.39. The van der Waals surface area contributed by atoms with Gasteiger partial charge in [0.05, 0.1) is 18.3 Å². The van der Waals surface area contributed by atoms with Gasteiger partial charge in [0.1, 0.15) is 4.83 Å². The molecular formula is C24H30N4OS. The largest absolute Gasteiger partial charge is 0.301 e. The second kappa shape index (κ2) is 8.25. The highest BCUT2D eigenvalue weighted by Gasteiger charge is 2.30. The second-order valence-corrected chi connectivity index (χ2v) is 9.80. The zero-order valence-electron chi connectivity index (χ0n) is 17.9. The molecule has 1 fully saturated rings. The summed E-state index contributed by atoms with van der Waals surface area (Å²) in [6.07, 6.45) is 4.95. The van der Waals surface area contributed by atoms with Crippen LogP contribution in [0.3, 0.4) is 0 Å². The first-order valence-electron chi connectivity index (χ1n) is 11.1. The molecule has 5 nitrogen and oxygen atoms in total. The summed E-state index contributed by atoms with van der Waals surface area (Å²) in [4.78, 5) is 25.5. The van der Waals surface area contributed by atoms with Crippen molar-refractivity contribution in [1.82, 2.24) is 19.4 Å². The molecule has 1 aliphatic heterocycles. The highest BCUT2D eigenvalue weighted by molar-refractivity contribution is 7.18. The fourth-order valence-corrected chi connectivity index (χ4v) is 6.19. The number of aromatic nitrogens is 2. The lowest BCUT2D eigenvalue weighted by Crippen LogP contribution is -2.51. The molecule has 2 aliphatic rings. The molecule has 0 bridgehead atoms. The average molecular weight is 423 g/mol. The molecule has 158 valence electrons. The number of thiophene rings is 1. The molecule has 0 saturated carbocycles. The Kier molecular flexibility index (Phi) is 5.48. The van der Waals surface area contributed by atoms with Gasteiger partial charge in [-0.05, 0) is 43.9 Å². The average Bonchev–Trinajstić information content (AvgIpc) is 3.15. The van der Waals surface area contributed by atoms with Crippen LogP contribution in [0.4, 0.5) is 0 Å².